The van der Waals surface area contributed by atoms with Gasteiger partial charge in [-0.05, 0) is 339 Å². The van der Waals surface area contributed by atoms with E-state index in [4.69, 9.17) is 17.8 Å². The molecule has 85 heavy (non-hydrogen) atoms. The van der Waals surface area contributed by atoms with Crippen LogP contribution in [0.4, 0.5) is 0 Å². The molecule has 0 amide bonds. The number of unbranched alkanes of at least 4 members (excludes halogenated alkanes) is 2. The fraction of sp³-hybridized carbons (Fsp3) is 0.155. The molecule has 0 heterocycles. The van der Waals surface area contributed by atoms with Gasteiger partial charge in [0.15, 0.2) is 5.41 Å². The van der Waals surface area contributed by atoms with Gasteiger partial charge in [-0.2, -0.15) is 16.8 Å². The average molecular weight is 1130 g/mol. The predicted molar refractivity (Wildman–Crippen MR) is 332 cm³/mol. The normalized spacial score (nSPS) is 19.0. The molecule has 0 unspecified atom stereocenters. The lowest BCUT2D eigenvalue weighted by atomic mass is 9.68. The molecular formula is C71H18O12S2. The van der Waals surface area contributed by atoms with Crippen molar-refractivity contribution in [3.05, 3.63) is 22.3 Å². The first-order chi connectivity index (χ1) is 41.5. The summed E-state index contributed by atoms with van der Waals surface area (Å²) in [6, 6.07) is 0. The van der Waals surface area contributed by atoms with Crippen LogP contribution < -0.4 is 0 Å². The predicted octanol–water partition coefficient (Wildman–Crippen LogP) is 15.6. The van der Waals surface area contributed by atoms with Crippen molar-refractivity contribution in [1.82, 2.24) is 0 Å². The molecular weight excluding hydrogens is 1110 g/mol. The maximum absolute atomic E-state index is 17.3. The summed E-state index contributed by atoms with van der Waals surface area (Å²) < 4.78 is 88.9. The highest BCUT2D eigenvalue weighted by molar-refractivity contribution is 7.81. The van der Waals surface area contributed by atoms with E-state index in [1.807, 2.05) is 0 Å². The van der Waals surface area contributed by atoms with Crippen LogP contribution in [0.5, 0.6) is 0 Å². The third kappa shape index (κ3) is 2.37. The summed E-state index contributed by atoms with van der Waals surface area (Å²) in [5.74, 6) is -1.34. The Morgan fingerprint density at radius 3 is 0.541 bits per heavy atom. The van der Waals surface area contributed by atoms with Crippen molar-refractivity contribution >= 4 is 324 Å². The average Bonchev–Trinajstić information content (AvgIpc) is 1.36. The Bertz CT molecular complexity index is 7450. The zero-order valence-corrected chi connectivity index (χ0v) is 44.6. The van der Waals surface area contributed by atoms with Gasteiger partial charge in [0.05, 0.1) is 37.3 Å². The largest absolute Gasteiger partial charge is 0.465 e. The van der Waals surface area contributed by atoms with E-state index in [1.54, 1.807) is 0 Å². The van der Waals surface area contributed by atoms with Crippen LogP contribution in [0.15, 0.2) is 0 Å². The number of carbonyl (C=O) groups excluding carboxylic acids is 2. The second kappa shape index (κ2) is 9.09. The van der Waals surface area contributed by atoms with Gasteiger partial charge in [-0.25, -0.2) is 8.37 Å². The molecule has 28 aromatic carbocycles. The minimum Gasteiger partial charge on any atom is -0.465 e. The SMILES string of the molecule is O=C(OCCCCOS(=O)(=O)O)C1(C(=O)OCCCCOS(=O)(=O)O)C23c4c5c6c7c8c9c(c%10c%11c2c2c4c4c%12c5c5c6c6c8c8c%13c9c9c%10c%10c%11c%11c2c2c4c4c%12c%12c5c5c6c8c6c8c%13c9c9c%10c%10c%11c2c2c4c4c%12c5c6c5c8c9c%10c2c45)C713. The summed E-state index contributed by atoms with van der Waals surface area (Å²) in [6.07, 6.45) is 0.677. The molecule has 0 aromatic heterocycles. The van der Waals surface area contributed by atoms with Crippen LogP contribution >= 0.6 is 0 Å². The second-order valence-corrected chi connectivity index (χ2v) is 30.4. The molecule has 0 aliphatic heterocycles. The van der Waals surface area contributed by atoms with Gasteiger partial charge in [-0.1, -0.05) is 0 Å². The Balaban J connectivity index is 0.908. The van der Waals surface area contributed by atoms with Crippen LogP contribution in [-0.4, -0.2) is 64.3 Å². The Morgan fingerprint density at radius 1 is 0.247 bits per heavy atom. The van der Waals surface area contributed by atoms with Crippen LogP contribution in [0, 0.1) is 5.41 Å². The number of hydrogen-bond donors (Lipinski definition) is 2. The first-order valence-corrected chi connectivity index (χ1v) is 32.6. The first-order valence-electron chi connectivity index (χ1n) is 29.8. The fourth-order valence-corrected chi connectivity index (χ4v) is 27.2. The number of hydrogen-bond acceptors (Lipinski definition) is 10. The zero-order chi connectivity index (χ0) is 53.6. The molecule has 0 saturated heterocycles. The lowest BCUT2D eigenvalue weighted by molar-refractivity contribution is -0.166. The molecule has 2 N–H and O–H groups in total. The van der Waals surface area contributed by atoms with Gasteiger partial charge < -0.3 is 9.47 Å². The second-order valence-electron chi connectivity index (χ2n) is 28.2. The Morgan fingerprint density at radius 2 is 0.388 bits per heavy atom. The third-order valence-electron chi connectivity index (χ3n) is 27.0. The zero-order valence-electron chi connectivity index (χ0n) is 43.0. The van der Waals surface area contributed by atoms with Crippen molar-refractivity contribution in [3.8, 4) is 0 Å². The molecule has 2 spiro atoms. The Labute approximate surface area is 464 Å². The van der Waals surface area contributed by atoms with Crippen LogP contribution in [0.25, 0.3) is 291 Å². The van der Waals surface area contributed by atoms with Crippen molar-refractivity contribution < 1.29 is 53.4 Å². The van der Waals surface area contributed by atoms with E-state index in [-0.39, 0.29) is 52.1 Å². The monoisotopic (exact) mass is 1130 g/mol. The van der Waals surface area contributed by atoms with Crippen LogP contribution in [0.1, 0.15) is 47.9 Å². The highest BCUT2D eigenvalue weighted by atomic mass is 32.3. The van der Waals surface area contributed by atoms with Crippen LogP contribution in [0.3, 0.4) is 0 Å². The van der Waals surface area contributed by atoms with E-state index >= 15 is 9.59 Å². The summed E-state index contributed by atoms with van der Waals surface area (Å²) in [6.45, 7) is -0.943. The molecule has 28 aromatic rings. The molecule has 1 saturated carbocycles. The highest BCUT2D eigenvalue weighted by Gasteiger charge is 3.01. The van der Waals surface area contributed by atoms with Crippen molar-refractivity contribution in [2.45, 2.75) is 36.5 Å². The van der Waals surface area contributed by atoms with Gasteiger partial charge in [0.2, 0.25) is 0 Å². The lowest BCUT2D eigenvalue weighted by Crippen LogP contribution is -2.39. The van der Waals surface area contributed by atoms with Crippen molar-refractivity contribution in [2.75, 3.05) is 26.4 Å². The summed E-state index contributed by atoms with van der Waals surface area (Å²) in [5, 5.41) is 73.5. The van der Waals surface area contributed by atoms with E-state index in [1.165, 1.54) is 291 Å². The minimum absolute atomic E-state index is 0.147. The molecule has 14 heteroatoms. The van der Waals surface area contributed by atoms with Gasteiger partial charge in [0.1, 0.15) is 0 Å². The van der Waals surface area contributed by atoms with Crippen molar-refractivity contribution in [3.63, 3.8) is 0 Å². The number of rotatable bonds is 14. The highest BCUT2D eigenvalue weighted by Crippen LogP contribution is 2.96. The van der Waals surface area contributed by atoms with Crippen LogP contribution in [0.2, 0.25) is 0 Å². The molecule has 386 valence electrons. The third-order valence-corrected chi connectivity index (χ3v) is 27.9. The molecule has 0 radical (unpaired) electrons. The number of esters is 2. The van der Waals surface area contributed by atoms with Gasteiger partial charge in [-0.15, -0.1) is 0 Å². The van der Waals surface area contributed by atoms with Crippen molar-refractivity contribution in [1.29, 1.82) is 0 Å². The van der Waals surface area contributed by atoms with E-state index in [2.05, 4.69) is 0 Å². The number of ether oxygens (including phenoxy) is 2. The molecule has 0 atom stereocenters. The summed E-state index contributed by atoms with van der Waals surface area (Å²) in [5.41, 5.74) is -0.387. The smallest absolute Gasteiger partial charge is 0.397 e. The molecule has 5 aliphatic rings. The number of benzene rings is 18. The van der Waals surface area contributed by atoms with Crippen LogP contribution in [-0.2, 0) is 59.1 Å². The first kappa shape index (κ1) is 37.5. The van der Waals surface area contributed by atoms with E-state index < -0.39 is 49.0 Å². The quantitative estimate of drug-likeness (QED) is 0.0346. The van der Waals surface area contributed by atoms with E-state index in [0.29, 0.717) is 0 Å². The maximum atomic E-state index is 17.3. The summed E-state index contributed by atoms with van der Waals surface area (Å²) >= 11 is 0. The minimum atomic E-state index is -4.71. The molecule has 12 nitrogen and oxygen atoms in total. The van der Waals surface area contributed by atoms with E-state index in [0.717, 1.165) is 22.3 Å². The summed E-state index contributed by atoms with van der Waals surface area (Å²) in [4.78, 5) is 34.6. The maximum Gasteiger partial charge on any atom is 0.397 e. The van der Waals surface area contributed by atoms with Crippen molar-refractivity contribution in [2.24, 2.45) is 5.41 Å². The lowest BCUT2D eigenvalue weighted by Gasteiger charge is -2.32. The van der Waals surface area contributed by atoms with Gasteiger partial charge in [0, 0.05) is 0 Å². The Kier molecular flexibility index (Phi) is 4.01. The topological polar surface area (TPSA) is 180 Å². The van der Waals surface area contributed by atoms with Gasteiger partial charge >= 0.3 is 32.7 Å². The molecule has 5 aliphatic carbocycles. The molecule has 0 bridgehead atoms. The van der Waals surface area contributed by atoms with Gasteiger partial charge in [-0.3, -0.25) is 18.7 Å². The molecule has 1 fully saturated rings. The summed E-state index contributed by atoms with van der Waals surface area (Å²) in [7, 11) is -9.42. The van der Waals surface area contributed by atoms with E-state index in [9.17, 15) is 25.9 Å². The fourth-order valence-electron chi connectivity index (χ4n) is 26.5. The number of carbonyl (C=O) groups is 2. The standard InChI is InChI=1S/C71H18O12S2/c72-67(80-5-1-3-7-82-84(74,75)76)71(68(73)81-6-2-4-8-83-85(77,78)79)69-63-55-47-37-27-19-11-9-10-13-17-15(11)23-31-25(17)35-29-21(13)22-14(10)18-16-12(9)20(19)28-34-24(16)32-26(18)36-30(22)40-39(29)49-43(35)53-45(31)51(41(47)33(23)27)59(63)61(53)65-57(49)58-50(40)44(36)54-46(32)52-42(34)48(38(28)37)56(55)64(69)60(52)62(54)66(58)70(65,69)71/h1-8H2,(H,74,75,76)(H,77,78,79). The Hall–Kier alpha value is -8.86. The molecule has 33 rings (SSSR count). The van der Waals surface area contributed by atoms with Gasteiger partial charge in [0.25, 0.3) is 0 Å².